The first-order valence-electron chi connectivity index (χ1n) is 5.76. The minimum Gasteiger partial charge on any atom is -0.373 e. The van der Waals surface area contributed by atoms with E-state index >= 15 is 0 Å². The molecule has 0 amide bonds. The number of methoxy groups -OCH3 is 1. The molecule has 0 fully saturated rings. The van der Waals surface area contributed by atoms with E-state index in [1.165, 1.54) is 0 Å². The molecule has 0 saturated carbocycles. The Balaban J connectivity index is 2.62. The van der Waals surface area contributed by atoms with Gasteiger partial charge in [0.25, 0.3) is 0 Å². The van der Waals surface area contributed by atoms with Crippen LogP contribution in [0.5, 0.6) is 0 Å². The highest BCUT2D eigenvalue weighted by Gasteiger charge is 2.17. The van der Waals surface area contributed by atoms with Crippen LogP contribution in [-0.4, -0.2) is 23.8 Å². The van der Waals surface area contributed by atoms with E-state index in [-0.39, 0.29) is 6.10 Å². The average molecular weight is 227 g/mol. The first kappa shape index (κ1) is 13.1. The van der Waals surface area contributed by atoms with Crippen molar-refractivity contribution in [2.24, 2.45) is 11.7 Å². The minimum absolute atomic E-state index is 0.0596. The lowest BCUT2D eigenvalue weighted by atomic mass is 10.1. The Morgan fingerprint density at radius 1 is 1.50 bits per heavy atom. The van der Waals surface area contributed by atoms with E-state index in [9.17, 15) is 0 Å². The highest BCUT2D eigenvalue weighted by molar-refractivity contribution is 4.92. The van der Waals surface area contributed by atoms with Gasteiger partial charge in [-0.3, -0.25) is 0 Å². The molecule has 0 spiro atoms. The summed E-state index contributed by atoms with van der Waals surface area (Å²) in [6, 6.07) is 0. The van der Waals surface area contributed by atoms with Crippen LogP contribution >= 0.6 is 0 Å². The van der Waals surface area contributed by atoms with Gasteiger partial charge in [0.05, 0.1) is 0 Å². The van der Waals surface area contributed by atoms with Gasteiger partial charge < -0.3 is 15.0 Å². The summed E-state index contributed by atoms with van der Waals surface area (Å²) in [5.41, 5.74) is 5.55. The van der Waals surface area contributed by atoms with Crippen LogP contribution < -0.4 is 5.73 Å². The topological polar surface area (TPSA) is 74.2 Å². The summed E-state index contributed by atoms with van der Waals surface area (Å²) in [7, 11) is 1.67. The molecule has 5 nitrogen and oxygen atoms in total. The van der Waals surface area contributed by atoms with Crippen molar-refractivity contribution in [3.8, 4) is 0 Å². The zero-order valence-electron chi connectivity index (χ0n) is 10.3. The first-order chi connectivity index (χ1) is 7.71. The molecule has 0 bridgehead atoms. The summed E-state index contributed by atoms with van der Waals surface area (Å²) in [6.45, 7) is 4.79. The van der Waals surface area contributed by atoms with E-state index in [1.54, 1.807) is 7.11 Å². The van der Waals surface area contributed by atoms with Crippen LogP contribution in [0.1, 0.15) is 44.5 Å². The van der Waals surface area contributed by atoms with E-state index in [1.807, 2.05) is 0 Å². The van der Waals surface area contributed by atoms with Crippen molar-refractivity contribution in [3.63, 3.8) is 0 Å². The molecule has 16 heavy (non-hydrogen) atoms. The Bertz CT molecular complexity index is 301. The maximum absolute atomic E-state index is 5.55. The molecular weight excluding hydrogens is 206 g/mol. The fourth-order valence-corrected chi connectivity index (χ4v) is 1.48. The fraction of sp³-hybridized carbons (Fsp3) is 0.818. The SMILES string of the molecule is CCCC(OC)c1noc(CC(C)CN)n1. The van der Waals surface area contributed by atoms with Crippen molar-refractivity contribution in [1.82, 2.24) is 10.1 Å². The van der Waals surface area contributed by atoms with Crippen LogP contribution in [0.3, 0.4) is 0 Å². The summed E-state index contributed by atoms with van der Waals surface area (Å²) in [6.07, 6.45) is 2.60. The summed E-state index contributed by atoms with van der Waals surface area (Å²) in [5.74, 6) is 1.65. The second-order valence-corrected chi connectivity index (χ2v) is 4.10. The molecule has 0 saturated heterocycles. The molecule has 92 valence electrons. The number of hydrogen-bond donors (Lipinski definition) is 1. The van der Waals surface area contributed by atoms with Gasteiger partial charge in [0.2, 0.25) is 11.7 Å². The normalized spacial score (nSPS) is 15.0. The molecule has 0 aliphatic carbocycles. The molecule has 2 atom stereocenters. The largest absolute Gasteiger partial charge is 0.373 e. The monoisotopic (exact) mass is 227 g/mol. The summed E-state index contributed by atoms with van der Waals surface area (Å²) < 4.78 is 10.5. The highest BCUT2D eigenvalue weighted by Crippen LogP contribution is 2.19. The molecule has 0 aliphatic heterocycles. The van der Waals surface area contributed by atoms with Crippen molar-refractivity contribution in [3.05, 3.63) is 11.7 Å². The number of rotatable bonds is 7. The van der Waals surface area contributed by atoms with Crippen molar-refractivity contribution in [2.75, 3.05) is 13.7 Å². The summed E-state index contributed by atoms with van der Waals surface area (Å²) in [5, 5.41) is 3.94. The number of aromatic nitrogens is 2. The van der Waals surface area contributed by atoms with E-state index in [2.05, 4.69) is 24.0 Å². The number of nitrogens with zero attached hydrogens (tertiary/aromatic N) is 2. The zero-order valence-corrected chi connectivity index (χ0v) is 10.3. The van der Waals surface area contributed by atoms with E-state index in [4.69, 9.17) is 15.0 Å². The average Bonchev–Trinajstić information content (AvgIpc) is 2.74. The van der Waals surface area contributed by atoms with Crippen molar-refractivity contribution >= 4 is 0 Å². The second kappa shape index (κ2) is 6.60. The van der Waals surface area contributed by atoms with Crippen LogP contribution in [0, 0.1) is 5.92 Å². The number of hydrogen-bond acceptors (Lipinski definition) is 5. The quantitative estimate of drug-likeness (QED) is 0.767. The van der Waals surface area contributed by atoms with Gasteiger partial charge in [0.1, 0.15) is 6.10 Å². The van der Waals surface area contributed by atoms with Crippen LogP contribution in [-0.2, 0) is 11.2 Å². The van der Waals surface area contributed by atoms with E-state index in [0.29, 0.717) is 24.2 Å². The summed E-state index contributed by atoms with van der Waals surface area (Å²) in [4.78, 5) is 4.33. The maximum atomic E-state index is 5.55. The lowest BCUT2D eigenvalue weighted by molar-refractivity contribution is 0.0854. The molecule has 0 radical (unpaired) electrons. The van der Waals surface area contributed by atoms with E-state index < -0.39 is 0 Å². The lowest BCUT2D eigenvalue weighted by Gasteiger charge is -2.08. The Morgan fingerprint density at radius 3 is 2.81 bits per heavy atom. The van der Waals surface area contributed by atoms with Crippen LogP contribution in [0.2, 0.25) is 0 Å². The second-order valence-electron chi connectivity index (χ2n) is 4.10. The molecule has 5 heteroatoms. The molecule has 2 N–H and O–H groups in total. The first-order valence-corrected chi connectivity index (χ1v) is 5.76. The Labute approximate surface area is 96.4 Å². The van der Waals surface area contributed by atoms with Gasteiger partial charge in [-0.15, -0.1) is 0 Å². The van der Waals surface area contributed by atoms with Gasteiger partial charge in [-0.25, -0.2) is 0 Å². The summed E-state index contributed by atoms with van der Waals surface area (Å²) >= 11 is 0. The Kier molecular flexibility index (Phi) is 5.42. The molecule has 0 aliphatic rings. The third-order valence-corrected chi connectivity index (χ3v) is 2.53. The number of nitrogens with two attached hydrogens (primary N) is 1. The van der Waals surface area contributed by atoms with E-state index in [0.717, 1.165) is 19.3 Å². The molecular formula is C11H21N3O2. The Hall–Kier alpha value is -0.940. The van der Waals surface area contributed by atoms with Crippen molar-refractivity contribution < 1.29 is 9.26 Å². The van der Waals surface area contributed by atoms with Gasteiger partial charge in [0.15, 0.2) is 0 Å². The molecule has 1 heterocycles. The Morgan fingerprint density at radius 2 is 2.25 bits per heavy atom. The maximum Gasteiger partial charge on any atom is 0.227 e. The smallest absolute Gasteiger partial charge is 0.227 e. The predicted molar refractivity (Wildman–Crippen MR) is 60.9 cm³/mol. The molecule has 1 aromatic heterocycles. The third-order valence-electron chi connectivity index (χ3n) is 2.53. The van der Waals surface area contributed by atoms with Crippen LogP contribution in [0.4, 0.5) is 0 Å². The highest BCUT2D eigenvalue weighted by atomic mass is 16.5. The molecule has 1 aromatic rings. The van der Waals surface area contributed by atoms with Gasteiger partial charge in [0, 0.05) is 13.5 Å². The lowest BCUT2D eigenvalue weighted by Crippen LogP contribution is -2.13. The van der Waals surface area contributed by atoms with Crippen molar-refractivity contribution in [2.45, 2.75) is 39.2 Å². The van der Waals surface area contributed by atoms with Crippen LogP contribution in [0.15, 0.2) is 4.52 Å². The zero-order chi connectivity index (χ0) is 12.0. The third kappa shape index (κ3) is 3.57. The molecule has 0 aromatic carbocycles. The standard InChI is InChI=1S/C11H21N3O2/c1-4-5-9(15-3)11-13-10(16-14-11)6-8(2)7-12/h8-9H,4-7,12H2,1-3H3. The van der Waals surface area contributed by atoms with Gasteiger partial charge in [-0.2, -0.15) is 4.98 Å². The van der Waals surface area contributed by atoms with Gasteiger partial charge in [-0.05, 0) is 18.9 Å². The van der Waals surface area contributed by atoms with Crippen LogP contribution in [0.25, 0.3) is 0 Å². The number of ether oxygens (including phenoxy) is 1. The predicted octanol–water partition coefficient (Wildman–Crippen LogP) is 1.69. The van der Waals surface area contributed by atoms with Gasteiger partial charge >= 0.3 is 0 Å². The van der Waals surface area contributed by atoms with Gasteiger partial charge in [-0.1, -0.05) is 25.4 Å². The van der Waals surface area contributed by atoms with Crippen molar-refractivity contribution in [1.29, 1.82) is 0 Å². The molecule has 1 rings (SSSR count). The minimum atomic E-state index is -0.0596. The fourth-order valence-electron chi connectivity index (χ4n) is 1.48. The molecule has 2 unspecified atom stereocenters.